The van der Waals surface area contributed by atoms with Crippen LogP contribution < -0.4 is 5.32 Å². The molecule has 2 heterocycles. The van der Waals surface area contributed by atoms with E-state index in [1.54, 1.807) is 0 Å². The van der Waals surface area contributed by atoms with Crippen LogP contribution in [-0.4, -0.2) is 15.3 Å². The van der Waals surface area contributed by atoms with Crippen molar-refractivity contribution in [1.82, 2.24) is 9.55 Å². The molecule has 2 rings (SSSR count). The molecule has 4 heteroatoms. The van der Waals surface area contributed by atoms with E-state index in [9.17, 15) is 0 Å². The minimum atomic E-state index is 0.387. The lowest BCUT2D eigenvalue weighted by atomic mass is 10.2. The number of aliphatic imine (C=N–C) groups is 1. The molecular formula is C10H14N4. The number of anilines is 1. The summed E-state index contributed by atoms with van der Waals surface area (Å²) in [6.07, 6.45) is 1.83. The molecule has 0 saturated carbocycles. The Hall–Kier alpha value is -1.58. The molecule has 0 atom stereocenters. The Morgan fingerprint density at radius 1 is 1.50 bits per heavy atom. The van der Waals surface area contributed by atoms with E-state index in [-0.39, 0.29) is 0 Å². The van der Waals surface area contributed by atoms with E-state index in [1.165, 1.54) is 0 Å². The van der Waals surface area contributed by atoms with Crippen molar-refractivity contribution in [2.45, 2.75) is 26.8 Å². The van der Waals surface area contributed by atoms with Crippen molar-refractivity contribution in [2.24, 2.45) is 4.99 Å². The molecule has 0 unspecified atom stereocenters. The number of nitrogens with zero attached hydrogens (tertiary/aromatic N) is 3. The smallest absolute Gasteiger partial charge is 0.141 e. The van der Waals surface area contributed by atoms with Gasteiger partial charge in [0, 0.05) is 6.04 Å². The molecule has 1 aromatic rings. The van der Waals surface area contributed by atoms with Gasteiger partial charge in [0.05, 0.1) is 12.0 Å². The van der Waals surface area contributed by atoms with Gasteiger partial charge in [0.15, 0.2) is 0 Å². The van der Waals surface area contributed by atoms with Gasteiger partial charge in [-0.25, -0.2) is 9.98 Å². The van der Waals surface area contributed by atoms with Crippen molar-refractivity contribution in [2.75, 3.05) is 5.32 Å². The molecule has 0 bridgehead atoms. The van der Waals surface area contributed by atoms with Crippen LogP contribution in [0.25, 0.3) is 0 Å². The van der Waals surface area contributed by atoms with E-state index in [2.05, 4.69) is 40.3 Å². The average Bonchev–Trinajstić information content (AvgIpc) is 2.47. The molecule has 14 heavy (non-hydrogen) atoms. The Morgan fingerprint density at radius 2 is 2.21 bits per heavy atom. The average molecular weight is 190 g/mol. The van der Waals surface area contributed by atoms with Gasteiger partial charge in [-0.2, -0.15) is 0 Å². The second-order valence-corrected chi connectivity index (χ2v) is 3.71. The fourth-order valence-corrected chi connectivity index (χ4v) is 1.56. The van der Waals surface area contributed by atoms with E-state index in [4.69, 9.17) is 0 Å². The summed E-state index contributed by atoms with van der Waals surface area (Å²) >= 11 is 0. The number of hydrogen-bond donors (Lipinski definition) is 1. The minimum absolute atomic E-state index is 0.387. The molecule has 74 valence electrons. The fraction of sp³-hybridized carbons (Fsp3) is 0.400. The number of rotatable bonds is 1. The van der Waals surface area contributed by atoms with Gasteiger partial charge in [0.2, 0.25) is 0 Å². The zero-order chi connectivity index (χ0) is 10.3. The van der Waals surface area contributed by atoms with Gasteiger partial charge < -0.3 is 9.88 Å². The highest BCUT2D eigenvalue weighted by Gasteiger charge is 2.19. The van der Waals surface area contributed by atoms with Gasteiger partial charge in [-0.1, -0.05) is 6.58 Å². The summed E-state index contributed by atoms with van der Waals surface area (Å²) in [5, 5.41) is 3.14. The third-order valence-corrected chi connectivity index (χ3v) is 2.26. The first kappa shape index (κ1) is 8.99. The van der Waals surface area contributed by atoms with Gasteiger partial charge in [0.1, 0.15) is 17.3 Å². The monoisotopic (exact) mass is 190 g/mol. The first-order chi connectivity index (χ1) is 6.59. The molecule has 1 aliphatic rings. The predicted molar refractivity (Wildman–Crippen MR) is 57.6 cm³/mol. The highest BCUT2D eigenvalue weighted by atomic mass is 15.2. The van der Waals surface area contributed by atoms with Gasteiger partial charge in [0.25, 0.3) is 0 Å². The molecule has 0 spiro atoms. The quantitative estimate of drug-likeness (QED) is 0.737. The summed E-state index contributed by atoms with van der Waals surface area (Å²) in [5.74, 6) is 1.68. The normalized spacial score (nSPS) is 15.1. The molecule has 1 aromatic heterocycles. The first-order valence-corrected chi connectivity index (χ1v) is 4.68. The molecule has 0 aliphatic carbocycles. The van der Waals surface area contributed by atoms with Crippen molar-refractivity contribution in [3.8, 4) is 0 Å². The third kappa shape index (κ3) is 1.23. The van der Waals surface area contributed by atoms with Crippen molar-refractivity contribution in [1.29, 1.82) is 0 Å². The molecule has 4 nitrogen and oxygen atoms in total. The summed E-state index contributed by atoms with van der Waals surface area (Å²) in [7, 11) is 0. The summed E-state index contributed by atoms with van der Waals surface area (Å²) in [5.41, 5.74) is 1.84. The van der Waals surface area contributed by atoms with Crippen LogP contribution in [0.4, 0.5) is 5.82 Å². The number of imidazole rings is 1. The molecule has 1 N–H and O–H groups in total. The SMILES string of the molecule is C=C1N=C(C)c2ncn(C(C)C)c2N1. The van der Waals surface area contributed by atoms with Crippen LogP contribution >= 0.6 is 0 Å². The van der Waals surface area contributed by atoms with Crippen LogP contribution in [0.3, 0.4) is 0 Å². The largest absolute Gasteiger partial charge is 0.325 e. The minimum Gasteiger partial charge on any atom is -0.325 e. The van der Waals surface area contributed by atoms with Crippen LogP contribution in [0.5, 0.6) is 0 Å². The Morgan fingerprint density at radius 3 is 2.86 bits per heavy atom. The maximum Gasteiger partial charge on any atom is 0.141 e. The van der Waals surface area contributed by atoms with Crippen molar-refractivity contribution < 1.29 is 0 Å². The van der Waals surface area contributed by atoms with Crippen LogP contribution in [0.15, 0.2) is 23.7 Å². The molecule has 0 radical (unpaired) electrons. The van der Waals surface area contributed by atoms with E-state index in [0.29, 0.717) is 11.9 Å². The molecule has 0 aromatic carbocycles. The standard InChI is InChI=1S/C10H14N4/c1-6(2)14-5-11-9-7(3)12-8(4)13-10(9)14/h5-6,13H,4H2,1-3H3. The summed E-state index contributed by atoms with van der Waals surface area (Å²) in [6.45, 7) is 9.99. The number of nitrogens with one attached hydrogen (secondary N) is 1. The highest BCUT2D eigenvalue weighted by Crippen LogP contribution is 2.25. The van der Waals surface area contributed by atoms with Gasteiger partial charge in [-0.3, -0.25) is 0 Å². The van der Waals surface area contributed by atoms with Crippen LogP contribution in [0, 0.1) is 0 Å². The Bertz CT molecular complexity index is 412. The zero-order valence-electron chi connectivity index (χ0n) is 8.70. The fourth-order valence-electron chi connectivity index (χ4n) is 1.56. The van der Waals surface area contributed by atoms with E-state index < -0.39 is 0 Å². The van der Waals surface area contributed by atoms with Crippen LogP contribution in [0.2, 0.25) is 0 Å². The predicted octanol–water partition coefficient (Wildman–Crippen LogP) is 2.17. The van der Waals surface area contributed by atoms with Crippen molar-refractivity contribution in [3.63, 3.8) is 0 Å². The maximum atomic E-state index is 4.32. The van der Waals surface area contributed by atoms with Crippen LogP contribution in [0.1, 0.15) is 32.5 Å². The number of fused-ring (bicyclic) bond motifs is 1. The van der Waals surface area contributed by atoms with E-state index >= 15 is 0 Å². The lowest BCUT2D eigenvalue weighted by molar-refractivity contribution is 0.605. The van der Waals surface area contributed by atoms with Crippen molar-refractivity contribution >= 4 is 11.5 Å². The Kier molecular flexibility index (Phi) is 1.91. The third-order valence-electron chi connectivity index (χ3n) is 2.26. The highest BCUT2D eigenvalue weighted by molar-refractivity contribution is 6.03. The molecule has 0 fully saturated rings. The summed E-state index contributed by atoms with van der Waals surface area (Å²) in [4.78, 5) is 8.55. The van der Waals surface area contributed by atoms with Gasteiger partial charge in [-0.05, 0) is 20.8 Å². The summed E-state index contributed by atoms with van der Waals surface area (Å²) in [6, 6.07) is 0.387. The molecule has 0 saturated heterocycles. The van der Waals surface area contributed by atoms with Crippen molar-refractivity contribution in [3.05, 3.63) is 24.4 Å². The van der Waals surface area contributed by atoms with Crippen LogP contribution in [-0.2, 0) is 0 Å². The maximum absolute atomic E-state index is 4.32. The second kappa shape index (κ2) is 2.97. The summed E-state index contributed by atoms with van der Waals surface area (Å²) < 4.78 is 2.08. The number of hydrogen-bond acceptors (Lipinski definition) is 3. The lowest BCUT2D eigenvalue weighted by Gasteiger charge is -2.18. The molecule has 0 amide bonds. The first-order valence-electron chi connectivity index (χ1n) is 4.68. The second-order valence-electron chi connectivity index (χ2n) is 3.71. The van der Waals surface area contributed by atoms with Gasteiger partial charge >= 0.3 is 0 Å². The zero-order valence-corrected chi connectivity index (χ0v) is 8.70. The Balaban J connectivity index is 2.55. The lowest BCUT2D eigenvalue weighted by Crippen LogP contribution is -2.14. The van der Waals surface area contributed by atoms with E-state index in [1.807, 2.05) is 13.3 Å². The van der Waals surface area contributed by atoms with E-state index in [0.717, 1.165) is 17.2 Å². The van der Waals surface area contributed by atoms with Gasteiger partial charge in [-0.15, -0.1) is 0 Å². The topological polar surface area (TPSA) is 42.2 Å². The Labute approximate surface area is 83.4 Å². The molecule has 1 aliphatic heterocycles. The molecular weight excluding hydrogens is 176 g/mol. The number of aromatic nitrogens is 2.